The Labute approximate surface area is 147 Å². The van der Waals surface area contributed by atoms with Crippen molar-refractivity contribution in [2.45, 2.75) is 19.9 Å². The Morgan fingerprint density at radius 3 is 2.76 bits per heavy atom. The maximum atomic E-state index is 13.4. The average Bonchev–Trinajstić information content (AvgIpc) is 2.62. The van der Waals surface area contributed by atoms with Gasteiger partial charge in [-0.25, -0.2) is 4.98 Å². The Kier molecular flexibility index (Phi) is 5.16. The summed E-state index contributed by atoms with van der Waals surface area (Å²) in [5.74, 6) is 0.683. The monoisotopic (exact) mass is 343 g/mol. The van der Waals surface area contributed by atoms with Gasteiger partial charge in [0.05, 0.1) is 12.2 Å². The lowest BCUT2D eigenvalue weighted by Gasteiger charge is -2.40. The average molecular weight is 343 g/mol. The lowest BCUT2D eigenvalue weighted by Crippen LogP contribution is -2.54. The number of hydrogen-bond donors (Lipinski definition) is 0. The first-order chi connectivity index (χ1) is 12.1. The maximum absolute atomic E-state index is 13.4. The number of rotatable bonds is 4. The number of para-hydroxylation sites is 1. The first kappa shape index (κ1) is 17.2. The van der Waals surface area contributed by atoms with Crippen LogP contribution in [0.2, 0.25) is 0 Å². The van der Waals surface area contributed by atoms with Gasteiger partial charge in [0.1, 0.15) is 11.6 Å². The molecular formula is C19H22FN3O2. The number of hydrogen-bond acceptors (Lipinski definition) is 4. The van der Waals surface area contributed by atoms with E-state index in [-0.39, 0.29) is 11.9 Å². The minimum atomic E-state index is -0.492. The van der Waals surface area contributed by atoms with Gasteiger partial charge in [-0.05, 0) is 38.1 Å². The Morgan fingerprint density at radius 1 is 1.24 bits per heavy atom. The fourth-order valence-electron chi connectivity index (χ4n) is 3.13. The van der Waals surface area contributed by atoms with Crippen molar-refractivity contribution in [3.63, 3.8) is 0 Å². The highest BCUT2D eigenvalue weighted by Gasteiger charge is 2.29. The molecule has 6 heteroatoms. The molecule has 5 nitrogen and oxygen atoms in total. The van der Waals surface area contributed by atoms with E-state index in [0.717, 1.165) is 0 Å². The minimum absolute atomic E-state index is 0.0391. The summed E-state index contributed by atoms with van der Waals surface area (Å²) in [7, 11) is 0. The van der Waals surface area contributed by atoms with Crippen molar-refractivity contribution in [3.8, 4) is 5.75 Å². The fourth-order valence-corrected chi connectivity index (χ4v) is 3.13. The zero-order chi connectivity index (χ0) is 17.8. The second-order valence-electron chi connectivity index (χ2n) is 6.04. The zero-order valence-electron chi connectivity index (χ0n) is 14.5. The van der Waals surface area contributed by atoms with E-state index in [0.29, 0.717) is 43.4 Å². The van der Waals surface area contributed by atoms with Crippen LogP contribution in [0.15, 0.2) is 42.5 Å². The number of nitrogens with zero attached hydrogens (tertiary/aromatic N) is 3. The topological polar surface area (TPSA) is 45.7 Å². The quantitative estimate of drug-likeness (QED) is 0.801. The third-order valence-electron chi connectivity index (χ3n) is 4.33. The summed E-state index contributed by atoms with van der Waals surface area (Å²) in [6, 6.07) is 12.1. The summed E-state index contributed by atoms with van der Waals surface area (Å²) in [5, 5.41) is 0. The van der Waals surface area contributed by atoms with Crippen molar-refractivity contribution in [3.05, 3.63) is 54.0 Å². The molecule has 1 fully saturated rings. The summed E-state index contributed by atoms with van der Waals surface area (Å²) < 4.78 is 18.9. The Bertz CT molecular complexity index is 753. The van der Waals surface area contributed by atoms with Gasteiger partial charge in [-0.2, -0.15) is 4.39 Å². The van der Waals surface area contributed by atoms with E-state index in [9.17, 15) is 9.18 Å². The number of benzene rings is 1. The van der Waals surface area contributed by atoms with Crippen LogP contribution in [0.3, 0.4) is 0 Å². The zero-order valence-corrected chi connectivity index (χ0v) is 14.5. The lowest BCUT2D eigenvalue weighted by molar-refractivity contribution is 0.0721. The first-order valence-corrected chi connectivity index (χ1v) is 8.50. The van der Waals surface area contributed by atoms with Gasteiger partial charge in [0.2, 0.25) is 5.95 Å². The molecule has 1 atom stereocenters. The van der Waals surface area contributed by atoms with E-state index in [1.807, 2.05) is 41.8 Å². The van der Waals surface area contributed by atoms with Gasteiger partial charge in [0.25, 0.3) is 5.91 Å². The second-order valence-corrected chi connectivity index (χ2v) is 6.04. The summed E-state index contributed by atoms with van der Waals surface area (Å²) in [6.07, 6.45) is 0. The number of halogens is 1. The third-order valence-corrected chi connectivity index (χ3v) is 4.33. The van der Waals surface area contributed by atoms with Gasteiger partial charge in [-0.15, -0.1) is 0 Å². The Balaban J connectivity index is 1.74. The lowest BCUT2D eigenvalue weighted by atomic mass is 10.1. The van der Waals surface area contributed by atoms with E-state index < -0.39 is 5.95 Å². The number of ether oxygens (including phenoxy) is 1. The van der Waals surface area contributed by atoms with Crippen LogP contribution < -0.4 is 9.64 Å². The molecule has 0 radical (unpaired) electrons. The first-order valence-electron chi connectivity index (χ1n) is 8.50. The molecule has 1 aromatic carbocycles. The van der Waals surface area contributed by atoms with Crippen molar-refractivity contribution >= 4 is 11.7 Å². The SMILES string of the molecule is CCOc1ccccc1C(=O)N1CCN(c2cccc(F)n2)C(C)C1. The molecule has 2 heterocycles. The minimum Gasteiger partial charge on any atom is -0.493 e. The largest absolute Gasteiger partial charge is 0.493 e. The Hall–Kier alpha value is -2.63. The van der Waals surface area contributed by atoms with Crippen molar-refractivity contribution in [2.24, 2.45) is 0 Å². The van der Waals surface area contributed by atoms with E-state index in [1.54, 1.807) is 18.2 Å². The van der Waals surface area contributed by atoms with Crippen LogP contribution >= 0.6 is 0 Å². The number of aromatic nitrogens is 1. The van der Waals surface area contributed by atoms with Crippen LogP contribution in [0.4, 0.5) is 10.2 Å². The molecule has 3 rings (SSSR count). The van der Waals surface area contributed by atoms with E-state index in [1.165, 1.54) is 6.07 Å². The number of anilines is 1. The number of carbonyl (C=O) groups excluding carboxylic acids is 1. The van der Waals surface area contributed by atoms with Crippen molar-refractivity contribution in [1.29, 1.82) is 0 Å². The van der Waals surface area contributed by atoms with E-state index >= 15 is 0 Å². The van der Waals surface area contributed by atoms with Gasteiger partial charge < -0.3 is 14.5 Å². The highest BCUT2D eigenvalue weighted by Crippen LogP contribution is 2.23. The molecule has 1 aromatic heterocycles. The second kappa shape index (κ2) is 7.51. The van der Waals surface area contributed by atoms with Crippen LogP contribution in [0.25, 0.3) is 0 Å². The van der Waals surface area contributed by atoms with E-state index in [4.69, 9.17) is 4.74 Å². The summed E-state index contributed by atoms with van der Waals surface area (Å²) in [5.41, 5.74) is 0.578. The number of pyridine rings is 1. The molecule has 0 N–H and O–H groups in total. The predicted octanol–water partition coefficient (Wildman–Crippen LogP) is 2.97. The molecule has 2 aromatic rings. The van der Waals surface area contributed by atoms with Gasteiger partial charge in [-0.3, -0.25) is 4.79 Å². The molecule has 1 amide bonds. The molecule has 0 bridgehead atoms. The van der Waals surface area contributed by atoms with Crippen LogP contribution in [-0.2, 0) is 0 Å². The highest BCUT2D eigenvalue weighted by molar-refractivity contribution is 5.97. The number of amides is 1. The van der Waals surface area contributed by atoms with Gasteiger partial charge in [0, 0.05) is 25.7 Å². The van der Waals surface area contributed by atoms with E-state index in [2.05, 4.69) is 4.98 Å². The molecule has 0 saturated carbocycles. The molecular weight excluding hydrogens is 321 g/mol. The Morgan fingerprint density at radius 2 is 2.04 bits per heavy atom. The van der Waals surface area contributed by atoms with Gasteiger partial charge >= 0.3 is 0 Å². The van der Waals surface area contributed by atoms with Gasteiger partial charge in [0.15, 0.2) is 0 Å². The molecule has 0 aliphatic carbocycles. The van der Waals surface area contributed by atoms with Gasteiger partial charge in [-0.1, -0.05) is 18.2 Å². The number of piperazine rings is 1. The maximum Gasteiger partial charge on any atom is 0.257 e. The fraction of sp³-hybridized carbons (Fsp3) is 0.368. The molecule has 1 aliphatic rings. The van der Waals surface area contributed by atoms with Crippen molar-refractivity contribution in [1.82, 2.24) is 9.88 Å². The van der Waals surface area contributed by atoms with Crippen molar-refractivity contribution in [2.75, 3.05) is 31.1 Å². The van der Waals surface area contributed by atoms with Crippen LogP contribution in [0.5, 0.6) is 5.75 Å². The normalized spacial score (nSPS) is 17.5. The van der Waals surface area contributed by atoms with Crippen LogP contribution in [0.1, 0.15) is 24.2 Å². The van der Waals surface area contributed by atoms with Crippen molar-refractivity contribution < 1.29 is 13.9 Å². The molecule has 1 unspecified atom stereocenters. The number of carbonyl (C=O) groups is 1. The summed E-state index contributed by atoms with van der Waals surface area (Å²) in [4.78, 5) is 20.7. The molecule has 1 saturated heterocycles. The predicted molar refractivity (Wildman–Crippen MR) is 94.5 cm³/mol. The van der Waals surface area contributed by atoms with Crippen LogP contribution in [-0.4, -0.2) is 48.1 Å². The molecule has 0 spiro atoms. The molecule has 132 valence electrons. The smallest absolute Gasteiger partial charge is 0.257 e. The third kappa shape index (κ3) is 3.73. The molecule has 25 heavy (non-hydrogen) atoms. The summed E-state index contributed by atoms with van der Waals surface area (Å²) in [6.45, 7) is 6.15. The summed E-state index contributed by atoms with van der Waals surface area (Å²) >= 11 is 0. The van der Waals surface area contributed by atoms with Crippen LogP contribution in [0, 0.1) is 5.95 Å². The standard InChI is InChI=1S/C19H22FN3O2/c1-3-25-16-8-5-4-7-15(16)19(24)22-11-12-23(14(2)13-22)18-10-6-9-17(20)21-18/h4-10,14H,3,11-13H2,1-2H3. The molecule has 1 aliphatic heterocycles. The highest BCUT2D eigenvalue weighted by atomic mass is 19.1.